The molecule has 3 atom stereocenters. The zero-order valence-corrected chi connectivity index (χ0v) is 16.3. The number of rotatable bonds is 5. The van der Waals surface area contributed by atoms with Gasteiger partial charge < -0.3 is 15.2 Å². The Morgan fingerprint density at radius 1 is 1.00 bits per heavy atom. The van der Waals surface area contributed by atoms with Gasteiger partial charge in [-0.1, -0.05) is 30.3 Å². The highest BCUT2D eigenvalue weighted by atomic mass is 19.4. The molecular weight excluding hydrogens is 379 g/mol. The summed E-state index contributed by atoms with van der Waals surface area (Å²) in [6, 6.07) is 13.1. The molecule has 0 radical (unpaired) electrons. The van der Waals surface area contributed by atoms with Crippen LogP contribution in [0.15, 0.2) is 42.5 Å². The van der Waals surface area contributed by atoms with Crippen molar-refractivity contribution in [2.75, 3.05) is 0 Å². The first-order valence-corrected chi connectivity index (χ1v) is 10.2. The van der Waals surface area contributed by atoms with Gasteiger partial charge in [-0.05, 0) is 78.8 Å². The minimum absolute atomic E-state index is 0.0699. The highest BCUT2D eigenvalue weighted by Gasteiger charge is 2.31. The average Bonchev–Trinajstić information content (AvgIpc) is 3.11. The van der Waals surface area contributed by atoms with Gasteiger partial charge in [-0.3, -0.25) is 0 Å². The number of ether oxygens (including phenoxy) is 2. The summed E-state index contributed by atoms with van der Waals surface area (Å²) in [6.07, 6.45) is 1.44. The predicted molar refractivity (Wildman–Crippen MR) is 105 cm³/mol. The maximum Gasteiger partial charge on any atom is 0.573 e. The molecule has 6 heteroatoms. The second kappa shape index (κ2) is 8.36. The molecule has 1 fully saturated rings. The van der Waals surface area contributed by atoms with E-state index in [1.807, 2.05) is 0 Å². The molecular formula is C23H26F3NO2. The van der Waals surface area contributed by atoms with Crippen LogP contribution in [0.4, 0.5) is 13.2 Å². The molecule has 156 valence electrons. The molecule has 4 rings (SSSR count). The standard InChI is InChI=1S/C23H26F3NO2/c24-23(25,26)29-22-3-1-2-15(10-22)14-28-21-9-7-17-11-16(4-5-19(17)13-21)18-6-8-20(27)12-18/h1-5,10-11,18,20-21H,6-9,12-14,27H2. The van der Waals surface area contributed by atoms with Crippen molar-refractivity contribution < 1.29 is 22.6 Å². The SMILES string of the molecule is NC1CCC(c2ccc3c(c2)CCC(OCc2cccc(OC(F)(F)F)c2)C3)C1. The topological polar surface area (TPSA) is 44.5 Å². The van der Waals surface area contributed by atoms with Gasteiger partial charge in [0.05, 0.1) is 12.7 Å². The molecule has 2 aliphatic rings. The molecule has 0 aromatic heterocycles. The van der Waals surface area contributed by atoms with Gasteiger partial charge in [-0.15, -0.1) is 13.2 Å². The summed E-state index contributed by atoms with van der Waals surface area (Å²) >= 11 is 0. The van der Waals surface area contributed by atoms with E-state index >= 15 is 0 Å². The predicted octanol–water partition coefficient (Wildman–Crippen LogP) is 5.25. The monoisotopic (exact) mass is 405 g/mol. The molecule has 3 nitrogen and oxygen atoms in total. The van der Waals surface area contributed by atoms with E-state index in [0.717, 1.165) is 32.1 Å². The molecule has 2 aliphatic carbocycles. The molecule has 0 heterocycles. The quantitative estimate of drug-likeness (QED) is 0.739. The molecule has 0 spiro atoms. The average molecular weight is 405 g/mol. The van der Waals surface area contributed by atoms with E-state index in [1.165, 1.54) is 35.2 Å². The van der Waals surface area contributed by atoms with E-state index in [9.17, 15) is 13.2 Å². The normalized spacial score (nSPS) is 24.3. The van der Waals surface area contributed by atoms with Gasteiger partial charge in [0.1, 0.15) is 5.75 Å². The second-order valence-corrected chi connectivity index (χ2v) is 8.17. The molecule has 0 bridgehead atoms. The Kier molecular flexibility index (Phi) is 5.83. The minimum Gasteiger partial charge on any atom is -0.406 e. The fourth-order valence-electron chi connectivity index (χ4n) is 4.50. The molecule has 2 aromatic rings. The summed E-state index contributed by atoms with van der Waals surface area (Å²) in [4.78, 5) is 0. The number of benzene rings is 2. The summed E-state index contributed by atoms with van der Waals surface area (Å²) in [5.41, 5.74) is 10.8. The third-order valence-corrected chi connectivity index (χ3v) is 5.98. The van der Waals surface area contributed by atoms with Crippen molar-refractivity contribution >= 4 is 0 Å². The third kappa shape index (κ3) is 5.31. The Hall–Kier alpha value is -2.05. The van der Waals surface area contributed by atoms with Crippen molar-refractivity contribution in [3.63, 3.8) is 0 Å². The molecule has 0 amide bonds. The lowest BCUT2D eigenvalue weighted by Gasteiger charge is -2.26. The zero-order chi connectivity index (χ0) is 20.4. The van der Waals surface area contributed by atoms with Gasteiger partial charge in [0.2, 0.25) is 0 Å². The van der Waals surface area contributed by atoms with Gasteiger partial charge >= 0.3 is 6.36 Å². The summed E-state index contributed by atoms with van der Waals surface area (Å²) in [5, 5.41) is 0. The van der Waals surface area contributed by atoms with Crippen LogP contribution in [0.25, 0.3) is 0 Å². The largest absolute Gasteiger partial charge is 0.573 e. The highest BCUT2D eigenvalue weighted by molar-refractivity contribution is 5.36. The summed E-state index contributed by atoms with van der Waals surface area (Å²) in [6.45, 7) is 0.271. The van der Waals surface area contributed by atoms with E-state index in [0.29, 0.717) is 17.5 Å². The van der Waals surface area contributed by atoms with E-state index in [-0.39, 0.29) is 18.5 Å². The fraction of sp³-hybridized carbons (Fsp3) is 0.478. The molecule has 0 saturated heterocycles. The minimum atomic E-state index is -4.69. The van der Waals surface area contributed by atoms with Gasteiger partial charge in [0.25, 0.3) is 0 Å². The lowest BCUT2D eigenvalue weighted by Crippen LogP contribution is -2.23. The lowest BCUT2D eigenvalue weighted by atomic mass is 9.86. The van der Waals surface area contributed by atoms with Crippen LogP contribution in [0.2, 0.25) is 0 Å². The Labute approximate surface area is 169 Å². The molecule has 0 aliphatic heterocycles. The summed E-state index contributed by atoms with van der Waals surface area (Å²) in [7, 11) is 0. The first-order chi connectivity index (χ1) is 13.9. The second-order valence-electron chi connectivity index (χ2n) is 8.17. The van der Waals surface area contributed by atoms with Crippen molar-refractivity contribution in [2.24, 2.45) is 5.73 Å². The van der Waals surface area contributed by atoms with E-state index in [1.54, 1.807) is 12.1 Å². The first-order valence-electron chi connectivity index (χ1n) is 10.2. The number of nitrogens with two attached hydrogens (primary N) is 1. The first kappa shape index (κ1) is 20.2. The van der Waals surface area contributed by atoms with Gasteiger partial charge in [0.15, 0.2) is 0 Å². The lowest BCUT2D eigenvalue weighted by molar-refractivity contribution is -0.274. The van der Waals surface area contributed by atoms with E-state index in [4.69, 9.17) is 10.5 Å². The molecule has 2 aromatic carbocycles. The number of fused-ring (bicyclic) bond motifs is 1. The fourth-order valence-corrected chi connectivity index (χ4v) is 4.50. The number of halogens is 3. The molecule has 1 saturated carbocycles. The van der Waals surface area contributed by atoms with Crippen LogP contribution in [-0.4, -0.2) is 18.5 Å². The van der Waals surface area contributed by atoms with Crippen LogP contribution in [0, 0.1) is 0 Å². The Balaban J connectivity index is 1.34. The van der Waals surface area contributed by atoms with Crippen molar-refractivity contribution in [1.82, 2.24) is 0 Å². The molecule has 29 heavy (non-hydrogen) atoms. The van der Waals surface area contributed by atoms with Gasteiger partial charge in [-0.2, -0.15) is 0 Å². The van der Waals surface area contributed by atoms with Crippen molar-refractivity contribution in [2.45, 2.75) is 69.6 Å². The smallest absolute Gasteiger partial charge is 0.406 e. The van der Waals surface area contributed by atoms with Gasteiger partial charge in [0, 0.05) is 6.04 Å². The van der Waals surface area contributed by atoms with Crippen LogP contribution < -0.4 is 10.5 Å². The number of hydrogen-bond acceptors (Lipinski definition) is 3. The third-order valence-electron chi connectivity index (χ3n) is 5.98. The Morgan fingerprint density at radius 3 is 2.62 bits per heavy atom. The van der Waals surface area contributed by atoms with Crippen LogP contribution in [-0.2, 0) is 24.2 Å². The Morgan fingerprint density at radius 2 is 1.86 bits per heavy atom. The van der Waals surface area contributed by atoms with Crippen molar-refractivity contribution in [3.8, 4) is 5.75 Å². The van der Waals surface area contributed by atoms with Gasteiger partial charge in [-0.25, -0.2) is 0 Å². The maximum atomic E-state index is 12.4. The molecule has 2 N–H and O–H groups in total. The maximum absolute atomic E-state index is 12.4. The van der Waals surface area contributed by atoms with Crippen LogP contribution in [0.3, 0.4) is 0 Å². The summed E-state index contributed by atoms with van der Waals surface area (Å²) in [5.74, 6) is 0.363. The molecule has 3 unspecified atom stereocenters. The number of hydrogen-bond donors (Lipinski definition) is 1. The van der Waals surface area contributed by atoms with Crippen molar-refractivity contribution in [3.05, 3.63) is 64.7 Å². The van der Waals surface area contributed by atoms with Crippen LogP contribution >= 0.6 is 0 Å². The zero-order valence-electron chi connectivity index (χ0n) is 16.3. The van der Waals surface area contributed by atoms with Crippen molar-refractivity contribution in [1.29, 1.82) is 0 Å². The van der Waals surface area contributed by atoms with Crippen LogP contribution in [0.1, 0.15) is 53.9 Å². The Bertz CT molecular complexity index is 852. The highest BCUT2D eigenvalue weighted by Crippen LogP contribution is 2.36. The number of alkyl halides is 3. The number of aryl methyl sites for hydroxylation is 1. The van der Waals surface area contributed by atoms with Crippen LogP contribution in [0.5, 0.6) is 5.75 Å². The van der Waals surface area contributed by atoms with E-state index in [2.05, 4.69) is 22.9 Å². The summed E-state index contributed by atoms with van der Waals surface area (Å²) < 4.78 is 47.1. The van der Waals surface area contributed by atoms with E-state index < -0.39 is 6.36 Å².